The van der Waals surface area contributed by atoms with Gasteiger partial charge in [0.25, 0.3) is 5.91 Å². The molecule has 0 bridgehead atoms. The first-order chi connectivity index (χ1) is 11.3. The molecule has 5 heteroatoms. The Labute approximate surface area is 141 Å². The number of nitrogens with zero attached hydrogens (tertiary/aromatic N) is 1. The molecule has 0 unspecified atom stereocenters. The second-order valence-electron chi connectivity index (χ2n) is 5.74. The van der Waals surface area contributed by atoms with Gasteiger partial charge in [0.05, 0.1) is 19.3 Å². The largest absolute Gasteiger partial charge is 0.379 e. The van der Waals surface area contributed by atoms with Crippen LogP contribution >= 0.6 is 11.3 Å². The summed E-state index contributed by atoms with van der Waals surface area (Å²) in [5, 5.41) is 5.26. The van der Waals surface area contributed by atoms with Crippen LogP contribution in [0.25, 0.3) is 0 Å². The summed E-state index contributed by atoms with van der Waals surface area (Å²) in [6.45, 7) is 5.38. The number of hydrogen-bond donors (Lipinski definition) is 1. The maximum Gasteiger partial charge on any atom is 0.251 e. The van der Waals surface area contributed by atoms with Crippen molar-refractivity contribution in [1.82, 2.24) is 10.2 Å². The second-order valence-corrected chi connectivity index (χ2v) is 6.72. The summed E-state index contributed by atoms with van der Waals surface area (Å²) in [5.41, 5.74) is 0.700. The van der Waals surface area contributed by atoms with Gasteiger partial charge in [-0.25, -0.2) is 0 Å². The molecular weight excluding hydrogens is 308 g/mol. The molecule has 1 fully saturated rings. The predicted molar refractivity (Wildman–Crippen MR) is 92.8 cm³/mol. The minimum atomic E-state index is -0.0204. The molecule has 1 amide bonds. The van der Waals surface area contributed by atoms with Gasteiger partial charge in [0.15, 0.2) is 0 Å². The van der Waals surface area contributed by atoms with Crippen molar-refractivity contribution in [3.63, 3.8) is 0 Å². The number of benzene rings is 1. The minimum absolute atomic E-state index is 0.0204. The topological polar surface area (TPSA) is 41.6 Å². The number of thiophene rings is 1. The molecule has 0 spiro atoms. The third-order valence-electron chi connectivity index (χ3n) is 4.14. The number of carbonyl (C=O) groups excluding carboxylic acids is 1. The molecule has 0 aliphatic carbocycles. The van der Waals surface area contributed by atoms with Crippen LogP contribution in [0.2, 0.25) is 0 Å². The lowest BCUT2D eigenvalue weighted by Crippen LogP contribution is -2.48. The van der Waals surface area contributed by atoms with Crippen molar-refractivity contribution < 1.29 is 9.53 Å². The van der Waals surface area contributed by atoms with Gasteiger partial charge in [-0.05, 0) is 30.5 Å². The lowest BCUT2D eigenvalue weighted by atomic mass is 10.0. The molecule has 122 valence electrons. The number of nitrogens with one attached hydrogen (secondary N) is 1. The first-order valence-electron chi connectivity index (χ1n) is 7.97. The van der Waals surface area contributed by atoms with E-state index >= 15 is 0 Å². The van der Waals surface area contributed by atoms with Gasteiger partial charge >= 0.3 is 0 Å². The van der Waals surface area contributed by atoms with E-state index < -0.39 is 0 Å². The van der Waals surface area contributed by atoms with E-state index in [9.17, 15) is 4.79 Å². The fraction of sp³-hybridized carbons (Fsp3) is 0.389. The van der Waals surface area contributed by atoms with Gasteiger partial charge in [-0.15, -0.1) is 11.3 Å². The Bertz CT molecular complexity index is 609. The molecule has 2 atom stereocenters. The van der Waals surface area contributed by atoms with Crippen molar-refractivity contribution in [2.75, 3.05) is 26.3 Å². The normalized spacial score (nSPS) is 18.3. The second kappa shape index (κ2) is 7.73. The summed E-state index contributed by atoms with van der Waals surface area (Å²) in [7, 11) is 0. The Morgan fingerprint density at radius 1 is 1.17 bits per heavy atom. The van der Waals surface area contributed by atoms with Crippen LogP contribution in [0, 0.1) is 0 Å². The van der Waals surface area contributed by atoms with Crippen LogP contribution in [-0.4, -0.2) is 43.2 Å². The minimum Gasteiger partial charge on any atom is -0.379 e. The van der Waals surface area contributed by atoms with Crippen LogP contribution in [0.4, 0.5) is 0 Å². The van der Waals surface area contributed by atoms with E-state index in [4.69, 9.17) is 4.74 Å². The first-order valence-corrected chi connectivity index (χ1v) is 8.85. The van der Waals surface area contributed by atoms with E-state index in [0.717, 1.165) is 26.3 Å². The molecule has 2 aromatic rings. The Kier molecular flexibility index (Phi) is 5.43. The number of morpholine rings is 1. The Morgan fingerprint density at radius 3 is 2.57 bits per heavy atom. The van der Waals surface area contributed by atoms with E-state index in [1.54, 1.807) is 11.3 Å². The van der Waals surface area contributed by atoms with Gasteiger partial charge in [0.1, 0.15) is 0 Å². The van der Waals surface area contributed by atoms with E-state index in [0.29, 0.717) is 5.56 Å². The van der Waals surface area contributed by atoms with Crippen molar-refractivity contribution in [3.8, 4) is 0 Å². The first kappa shape index (κ1) is 16.2. The van der Waals surface area contributed by atoms with Gasteiger partial charge in [-0.1, -0.05) is 24.3 Å². The predicted octanol–water partition coefficient (Wildman–Crippen LogP) is 2.94. The quantitative estimate of drug-likeness (QED) is 0.916. The smallest absolute Gasteiger partial charge is 0.251 e. The SMILES string of the molecule is C[C@@H](NC(=O)c1ccccc1)[C@H](c1cccs1)N1CCOCC1. The highest BCUT2D eigenvalue weighted by atomic mass is 32.1. The number of amides is 1. The zero-order chi connectivity index (χ0) is 16.1. The molecule has 1 saturated heterocycles. The van der Waals surface area contributed by atoms with Crippen molar-refractivity contribution >= 4 is 17.2 Å². The Balaban J connectivity index is 1.75. The molecule has 23 heavy (non-hydrogen) atoms. The van der Waals surface area contributed by atoms with Crippen LogP contribution in [-0.2, 0) is 4.74 Å². The van der Waals surface area contributed by atoms with Gasteiger partial charge in [-0.2, -0.15) is 0 Å². The Hall–Kier alpha value is -1.69. The van der Waals surface area contributed by atoms with Crippen LogP contribution in [0.5, 0.6) is 0 Å². The molecule has 3 rings (SSSR count). The zero-order valence-electron chi connectivity index (χ0n) is 13.3. The van der Waals surface area contributed by atoms with Crippen molar-refractivity contribution in [1.29, 1.82) is 0 Å². The van der Waals surface area contributed by atoms with Crippen molar-refractivity contribution in [2.24, 2.45) is 0 Å². The molecule has 4 nitrogen and oxygen atoms in total. The monoisotopic (exact) mass is 330 g/mol. The molecule has 0 radical (unpaired) electrons. The fourth-order valence-corrected chi connectivity index (χ4v) is 3.98. The standard InChI is InChI=1S/C18H22N2O2S/c1-14(19-18(21)15-6-3-2-4-7-15)17(16-8-5-13-23-16)20-9-11-22-12-10-20/h2-8,13-14,17H,9-12H2,1H3,(H,19,21)/t14-,17-/m1/s1. The van der Waals surface area contributed by atoms with E-state index in [1.165, 1.54) is 4.88 Å². The highest BCUT2D eigenvalue weighted by Crippen LogP contribution is 2.29. The third kappa shape index (κ3) is 3.99. The van der Waals surface area contributed by atoms with E-state index in [1.807, 2.05) is 30.3 Å². The molecule has 0 saturated carbocycles. The van der Waals surface area contributed by atoms with Crippen LogP contribution < -0.4 is 5.32 Å². The summed E-state index contributed by atoms with van der Waals surface area (Å²) in [6.07, 6.45) is 0. The molecule has 1 N–H and O–H groups in total. The van der Waals surface area contributed by atoms with Gasteiger partial charge in [0.2, 0.25) is 0 Å². The summed E-state index contributed by atoms with van der Waals surface area (Å²) >= 11 is 1.74. The fourth-order valence-electron chi connectivity index (χ4n) is 3.02. The highest BCUT2D eigenvalue weighted by molar-refractivity contribution is 7.10. The zero-order valence-corrected chi connectivity index (χ0v) is 14.1. The summed E-state index contributed by atoms with van der Waals surface area (Å²) in [6, 6.07) is 13.8. The molecule has 1 aromatic carbocycles. The van der Waals surface area contributed by atoms with Crippen LogP contribution in [0.3, 0.4) is 0 Å². The number of ether oxygens (including phenoxy) is 1. The molecule has 1 aromatic heterocycles. The number of hydrogen-bond acceptors (Lipinski definition) is 4. The number of carbonyl (C=O) groups is 1. The lowest BCUT2D eigenvalue weighted by molar-refractivity contribution is 0.00969. The summed E-state index contributed by atoms with van der Waals surface area (Å²) < 4.78 is 5.47. The van der Waals surface area contributed by atoms with Gasteiger partial charge in [-0.3, -0.25) is 9.69 Å². The Morgan fingerprint density at radius 2 is 1.91 bits per heavy atom. The third-order valence-corrected chi connectivity index (χ3v) is 5.09. The average molecular weight is 330 g/mol. The molecule has 1 aliphatic heterocycles. The van der Waals surface area contributed by atoms with E-state index in [-0.39, 0.29) is 18.0 Å². The molecule has 1 aliphatic rings. The van der Waals surface area contributed by atoms with Crippen molar-refractivity contribution in [3.05, 3.63) is 58.3 Å². The molecular formula is C18H22N2O2S. The van der Waals surface area contributed by atoms with Gasteiger partial charge < -0.3 is 10.1 Å². The van der Waals surface area contributed by atoms with Crippen molar-refractivity contribution in [2.45, 2.75) is 19.0 Å². The molecule has 2 heterocycles. The van der Waals surface area contributed by atoms with Crippen LogP contribution in [0.15, 0.2) is 47.8 Å². The lowest BCUT2D eigenvalue weighted by Gasteiger charge is -2.37. The summed E-state index contributed by atoms with van der Waals surface area (Å²) in [5.74, 6) is -0.0204. The summed E-state index contributed by atoms with van der Waals surface area (Å²) in [4.78, 5) is 16.2. The van der Waals surface area contributed by atoms with E-state index in [2.05, 4.69) is 34.7 Å². The highest BCUT2D eigenvalue weighted by Gasteiger charge is 2.29. The maximum absolute atomic E-state index is 12.5. The van der Waals surface area contributed by atoms with Gasteiger partial charge in [0, 0.05) is 29.6 Å². The maximum atomic E-state index is 12.5. The number of rotatable bonds is 5. The average Bonchev–Trinajstić information content (AvgIpc) is 3.11. The van der Waals surface area contributed by atoms with Crippen LogP contribution in [0.1, 0.15) is 28.2 Å².